The van der Waals surface area contributed by atoms with Gasteiger partial charge in [-0.2, -0.15) is 0 Å². The predicted octanol–water partition coefficient (Wildman–Crippen LogP) is 1.35. The molecule has 0 spiro atoms. The van der Waals surface area contributed by atoms with Gasteiger partial charge in [0.15, 0.2) is 0 Å². The second kappa shape index (κ2) is 5.33. The maximum Gasteiger partial charge on any atom is 0.216 e. The molecule has 0 N–H and O–H groups in total. The fourth-order valence-corrected chi connectivity index (χ4v) is 4.34. The Labute approximate surface area is 106 Å². The normalized spacial score (nSPS) is 29.7. The molecule has 0 aliphatic carbocycles. The Hall–Kier alpha value is 0.350. The van der Waals surface area contributed by atoms with Gasteiger partial charge in [-0.15, -0.1) is 0 Å². The lowest BCUT2D eigenvalue weighted by molar-refractivity contribution is 0.126. The summed E-state index contributed by atoms with van der Waals surface area (Å²) in [4.78, 5) is 0.474. The third-order valence-corrected chi connectivity index (χ3v) is 6.06. The highest BCUT2D eigenvalue weighted by molar-refractivity contribution is 9.09. The van der Waals surface area contributed by atoms with E-state index in [4.69, 9.17) is 4.74 Å². The molecule has 0 amide bonds. The van der Waals surface area contributed by atoms with Crippen LogP contribution in [-0.2, 0) is 14.8 Å². The number of piperidine rings is 1. The molecule has 2 aliphatic heterocycles. The molecule has 6 heteroatoms. The quantitative estimate of drug-likeness (QED) is 0.739. The molecule has 4 nitrogen and oxygen atoms in total. The number of nitrogens with zero attached hydrogens (tertiary/aromatic N) is 1. The minimum absolute atomic E-state index is 0.0771. The van der Waals surface area contributed by atoms with Gasteiger partial charge in [0.1, 0.15) is 0 Å². The minimum atomic E-state index is -3.10. The van der Waals surface area contributed by atoms with Crippen molar-refractivity contribution >= 4 is 26.0 Å². The van der Waals surface area contributed by atoms with Crippen LogP contribution >= 0.6 is 15.9 Å². The van der Waals surface area contributed by atoms with Gasteiger partial charge in [0.05, 0.1) is 11.9 Å². The van der Waals surface area contributed by atoms with Crippen LogP contribution in [0.1, 0.15) is 25.7 Å². The summed E-state index contributed by atoms with van der Waals surface area (Å²) in [5.74, 6) is 0.167. The first kappa shape index (κ1) is 12.8. The summed E-state index contributed by atoms with van der Waals surface area (Å²) in [7, 11) is -3.10. The SMILES string of the molecule is O=S(=O)(CC1CCCO1)N1CCC(Br)CC1. The van der Waals surface area contributed by atoms with Gasteiger partial charge in [-0.25, -0.2) is 12.7 Å². The van der Waals surface area contributed by atoms with Gasteiger partial charge in [0, 0.05) is 24.5 Å². The standard InChI is InChI=1S/C10H18BrNO3S/c11-9-3-5-12(6-4-9)16(13,14)8-10-2-1-7-15-10/h9-10H,1-8H2. The van der Waals surface area contributed by atoms with Crippen molar-refractivity contribution in [3.63, 3.8) is 0 Å². The van der Waals surface area contributed by atoms with Crippen molar-refractivity contribution in [3.8, 4) is 0 Å². The Morgan fingerprint density at radius 2 is 1.94 bits per heavy atom. The van der Waals surface area contributed by atoms with Crippen LogP contribution in [0.25, 0.3) is 0 Å². The fourth-order valence-electron chi connectivity index (χ4n) is 2.22. The summed E-state index contributed by atoms with van der Waals surface area (Å²) in [6.07, 6.45) is 3.61. The van der Waals surface area contributed by atoms with Gasteiger partial charge in [-0.05, 0) is 25.7 Å². The molecule has 16 heavy (non-hydrogen) atoms. The predicted molar refractivity (Wildman–Crippen MR) is 66.3 cm³/mol. The number of ether oxygens (including phenoxy) is 1. The van der Waals surface area contributed by atoms with Crippen molar-refractivity contribution in [2.24, 2.45) is 0 Å². The molecule has 2 aliphatic rings. The molecular formula is C10H18BrNO3S. The highest BCUT2D eigenvalue weighted by Gasteiger charge is 2.30. The van der Waals surface area contributed by atoms with Crippen LogP contribution in [0.15, 0.2) is 0 Å². The van der Waals surface area contributed by atoms with E-state index in [-0.39, 0.29) is 11.9 Å². The Bertz CT molecular complexity index is 319. The fraction of sp³-hybridized carbons (Fsp3) is 1.00. The third-order valence-electron chi connectivity index (χ3n) is 3.20. The number of sulfonamides is 1. The minimum Gasteiger partial charge on any atom is -0.377 e. The van der Waals surface area contributed by atoms with E-state index in [9.17, 15) is 8.42 Å². The van der Waals surface area contributed by atoms with Gasteiger partial charge in [-0.1, -0.05) is 15.9 Å². The molecule has 0 aromatic carbocycles. The zero-order valence-electron chi connectivity index (χ0n) is 9.27. The molecule has 0 bridgehead atoms. The molecule has 94 valence electrons. The molecule has 2 heterocycles. The summed E-state index contributed by atoms with van der Waals surface area (Å²) in [6.45, 7) is 2.00. The number of rotatable bonds is 3. The molecule has 1 atom stereocenters. The van der Waals surface area contributed by atoms with Crippen molar-refractivity contribution in [2.75, 3.05) is 25.4 Å². The van der Waals surface area contributed by atoms with E-state index in [1.165, 1.54) is 0 Å². The molecule has 0 saturated carbocycles. The van der Waals surface area contributed by atoms with Crippen molar-refractivity contribution in [1.82, 2.24) is 4.31 Å². The van der Waals surface area contributed by atoms with Crippen molar-refractivity contribution < 1.29 is 13.2 Å². The number of hydrogen-bond donors (Lipinski definition) is 0. The van der Waals surface area contributed by atoms with Crippen molar-refractivity contribution in [1.29, 1.82) is 0 Å². The lowest BCUT2D eigenvalue weighted by Crippen LogP contribution is -2.42. The van der Waals surface area contributed by atoms with Crippen molar-refractivity contribution in [3.05, 3.63) is 0 Å². The molecule has 2 rings (SSSR count). The lowest BCUT2D eigenvalue weighted by atomic mass is 10.2. The van der Waals surface area contributed by atoms with Crippen LogP contribution < -0.4 is 0 Å². The first-order chi connectivity index (χ1) is 7.58. The topological polar surface area (TPSA) is 46.6 Å². The summed E-state index contributed by atoms with van der Waals surface area (Å²) >= 11 is 3.52. The number of halogens is 1. The van der Waals surface area contributed by atoms with Gasteiger partial charge in [0.2, 0.25) is 10.0 Å². The first-order valence-corrected chi connectivity index (χ1v) is 8.34. The molecule has 2 fully saturated rings. The second-order valence-corrected chi connectivity index (χ2v) is 7.80. The Morgan fingerprint density at radius 1 is 1.25 bits per heavy atom. The number of alkyl halides is 1. The zero-order chi connectivity index (χ0) is 11.6. The van der Waals surface area contributed by atoms with Crippen LogP contribution in [0.5, 0.6) is 0 Å². The second-order valence-electron chi connectivity index (χ2n) is 4.49. The smallest absolute Gasteiger partial charge is 0.216 e. The van der Waals surface area contributed by atoms with E-state index in [1.54, 1.807) is 4.31 Å². The number of hydrogen-bond acceptors (Lipinski definition) is 3. The summed E-state index contributed by atoms with van der Waals surface area (Å²) in [5, 5.41) is 0. The Balaban J connectivity index is 1.90. The van der Waals surface area contributed by atoms with E-state index < -0.39 is 10.0 Å². The van der Waals surface area contributed by atoms with Gasteiger partial charge in [-0.3, -0.25) is 0 Å². The van der Waals surface area contributed by atoms with Crippen LogP contribution in [0.4, 0.5) is 0 Å². The summed E-state index contributed by atoms with van der Waals surface area (Å²) in [6, 6.07) is 0. The highest BCUT2D eigenvalue weighted by atomic mass is 79.9. The largest absolute Gasteiger partial charge is 0.377 e. The monoisotopic (exact) mass is 311 g/mol. The zero-order valence-corrected chi connectivity index (χ0v) is 11.7. The Morgan fingerprint density at radius 3 is 2.50 bits per heavy atom. The lowest BCUT2D eigenvalue weighted by Gasteiger charge is -2.29. The average Bonchev–Trinajstić information content (AvgIpc) is 2.70. The first-order valence-electron chi connectivity index (χ1n) is 5.81. The molecule has 0 aromatic heterocycles. The summed E-state index contributed by atoms with van der Waals surface area (Å²) < 4.78 is 31.2. The van der Waals surface area contributed by atoms with Crippen LogP contribution in [0.2, 0.25) is 0 Å². The maximum atomic E-state index is 12.1. The van der Waals surface area contributed by atoms with Crippen molar-refractivity contribution in [2.45, 2.75) is 36.6 Å². The molecule has 2 saturated heterocycles. The average molecular weight is 312 g/mol. The highest BCUT2D eigenvalue weighted by Crippen LogP contribution is 2.22. The van der Waals surface area contributed by atoms with E-state index in [0.29, 0.717) is 24.5 Å². The molecule has 1 unspecified atom stereocenters. The third kappa shape index (κ3) is 3.18. The van der Waals surface area contributed by atoms with Crippen LogP contribution in [-0.4, -0.2) is 49.1 Å². The van der Waals surface area contributed by atoms with Crippen LogP contribution in [0.3, 0.4) is 0 Å². The van der Waals surface area contributed by atoms with Gasteiger partial charge >= 0.3 is 0 Å². The maximum absolute atomic E-state index is 12.1. The Kier molecular flexibility index (Phi) is 4.26. The molecule has 0 radical (unpaired) electrons. The van der Waals surface area contributed by atoms with Gasteiger partial charge < -0.3 is 4.74 Å². The van der Waals surface area contributed by atoms with Gasteiger partial charge in [0.25, 0.3) is 0 Å². The molecule has 0 aromatic rings. The van der Waals surface area contributed by atoms with E-state index in [0.717, 1.165) is 25.7 Å². The molecular weight excluding hydrogens is 294 g/mol. The van der Waals surface area contributed by atoms with E-state index >= 15 is 0 Å². The van der Waals surface area contributed by atoms with Crippen LogP contribution in [0, 0.1) is 0 Å². The van der Waals surface area contributed by atoms with E-state index in [1.807, 2.05) is 0 Å². The van der Waals surface area contributed by atoms with E-state index in [2.05, 4.69) is 15.9 Å². The summed E-state index contributed by atoms with van der Waals surface area (Å²) in [5.41, 5.74) is 0.